The molecule has 1 saturated heterocycles. The van der Waals surface area contributed by atoms with Crippen molar-refractivity contribution in [1.82, 2.24) is 9.62 Å². The molecule has 6 nitrogen and oxygen atoms in total. The van der Waals surface area contributed by atoms with E-state index in [9.17, 15) is 26.4 Å². The molecule has 1 amide bonds. The van der Waals surface area contributed by atoms with Gasteiger partial charge in [-0.25, -0.2) is 8.42 Å². The second-order valence-corrected chi connectivity index (χ2v) is 8.76. The number of nitrogens with one attached hydrogen (secondary N) is 1. The van der Waals surface area contributed by atoms with Gasteiger partial charge in [0.25, 0.3) is 5.91 Å². The summed E-state index contributed by atoms with van der Waals surface area (Å²) in [7, 11) is -3.53. The monoisotopic (exact) mass is 442 g/mol. The molecule has 1 N–H and O–H groups in total. The standard InChI is InChI=1S/C20H21F3N2O4S/c21-20(22,23)18-7-5-15(6-8-18)19(26)24-13-16-3-1-2-4-17(16)14-30(27,28)25-9-11-29-12-10-25/h1-8H,9-14H2,(H,24,26). The van der Waals surface area contributed by atoms with Gasteiger partial charge in [-0.1, -0.05) is 24.3 Å². The summed E-state index contributed by atoms with van der Waals surface area (Å²) >= 11 is 0. The first-order valence-electron chi connectivity index (χ1n) is 9.24. The second-order valence-electron chi connectivity index (χ2n) is 6.79. The lowest BCUT2D eigenvalue weighted by Crippen LogP contribution is -2.41. The number of nitrogens with zero attached hydrogens (tertiary/aromatic N) is 1. The Balaban J connectivity index is 1.67. The Morgan fingerprint density at radius 3 is 2.20 bits per heavy atom. The lowest BCUT2D eigenvalue weighted by Gasteiger charge is -2.26. The van der Waals surface area contributed by atoms with Crippen LogP contribution in [0.25, 0.3) is 0 Å². The van der Waals surface area contributed by atoms with Gasteiger partial charge in [-0.05, 0) is 35.4 Å². The van der Waals surface area contributed by atoms with Crippen molar-refractivity contribution in [3.05, 3.63) is 70.8 Å². The number of hydrogen-bond donors (Lipinski definition) is 1. The highest BCUT2D eigenvalue weighted by Gasteiger charge is 2.30. The molecule has 1 fully saturated rings. The molecular formula is C20H21F3N2O4S. The van der Waals surface area contributed by atoms with Crippen molar-refractivity contribution in [1.29, 1.82) is 0 Å². The maximum atomic E-state index is 12.7. The summed E-state index contributed by atoms with van der Waals surface area (Å²) < 4.78 is 69.8. The van der Waals surface area contributed by atoms with Crippen molar-refractivity contribution < 1.29 is 31.1 Å². The van der Waals surface area contributed by atoms with E-state index in [2.05, 4.69) is 5.32 Å². The number of hydrogen-bond acceptors (Lipinski definition) is 4. The van der Waals surface area contributed by atoms with Crippen molar-refractivity contribution in [2.24, 2.45) is 0 Å². The van der Waals surface area contributed by atoms with Crippen LogP contribution in [0.15, 0.2) is 48.5 Å². The fourth-order valence-electron chi connectivity index (χ4n) is 3.07. The molecule has 1 heterocycles. The number of benzene rings is 2. The van der Waals surface area contributed by atoms with Crippen LogP contribution in [-0.4, -0.2) is 44.9 Å². The number of rotatable bonds is 6. The molecule has 2 aromatic rings. The van der Waals surface area contributed by atoms with Gasteiger partial charge in [-0.15, -0.1) is 0 Å². The number of alkyl halides is 3. The largest absolute Gasteiger partial charge is 0.416 e. The van der Waals surface area contributed by atoms with Crippen LogP contribution in [0.5, 0.6) is 0 Å². The van der Waals surface area contributed by atoms with Crippen molar-refractivity contribution in [3.63, 3.8) is 0 Å². The van der Waals surface area contributed by atoms with Crippen molar-refractivity contribution in [3.8, 4) is 0 Å². The molecule has 0 saturated carbocycles. The van der Waals surface area contributed by atoms with Gasteiger partial charge in [0.2, 0.25) is 10.0 Å². The zero-order chi connectivity index (χ0) is 21.8. The van der Waals surface area contributed by atoms with E-state index in [1.165, 1.54) is 4.31 Å². The number of carbonyl (C=O) groups is 1. The molecule has 0 unspecified atom stereocenters. The highest BCUT2D eigenvalue weighted by Crippen LogP contribution is 2.29. The normalized spacial score (nSPS) is 15.7. The number of amides is 1. The Labute approximate surface area is 172 Å². The molecule has 0 bridgehead atoms. The molecule has 1 aliphatic rings. The fraction of sp³-hybridized carbons (Fsp3) is 0.350. The van der Waals surface area contributed by atoms with Crippen molar-refractivity contribution in [2.45, 2.75) is 18.5 Å². The molecule has 30 heavy (non-hydrogen) atoms. The quantitative estimate of drug-likeness (QED) is 0.747. The Kier molecular flexibility index (Phi) is 6.79. The maximum Gasteiger partial charge on any atom is 0.416 e. The van der Waals surface area contributed by atoms with E-state index in [4.69, 9.17) is 4.74 Å². The average molecular weight is 442 g/mol. The lowest BCUT2D eigenvalue weighted by molar-refractivity contribution is -0.137. The van der Waals surface area contributed by atoms with Gasteiger partial charge in [-0.3, -0.25) is 4.79 Å². The van der Waals surface area contributed by atoms with Crippen LogP contribution in [0.4, 0.5) is 13.2 Å². The summed E-state index contributed by atoms with van der Waals surface area (Å²) in [6.07, 6.45) is -4.47. The number of sulfonamides is 1. The van der Waals surface area contributed by atoms with Crippen LogP contribution >= 0.6 is 0 Å². The van der Waals surface area contributed by atoms with E-state index < -0.39 is 27.7 Å². The van der Waals surface area contributed by atoms with E-state index in [-0.39, 0.29) is 17.9 Å². The minimum absolute atomic E-state index is 0.0503. The summed E-state index contributed by atoms with van der Waals surface area (Å²) in [5.74, 6) is -0.756. The Morgan fingerprint density at radius 1 is 1.00 bits per heavy atom. The van der Waals surface area contributed by atoms with Gasteiger partial charge in [0.05, 0.1) is 24.5 Å². The smallest absolute Gasteiger partial charge is 0.379 e. The Morgan fingerprint density at radius 2 is 1.60 bits per heavy atom. The second kappa shape index (κ2) is 9.15. The van der Waals surface area contributed by atoms with E-state index in [0.29, 0.717) is 37.4 Å². The van der Waals surface area contributed by atoms with E-state index in [1.807, 2.05) is 0 Å². The first kappa shape index (κ1) is 22.3. The summed E-state index contributed by atoms with van der Waals surface area (Å²) in [6, 6.07) is 10.7. The summed E-state index contributed by atoms with van der Waals surface area (Å²) in [5.41, 5.74) is 0.422. The third-order valence-electron chi connectivity index (χ3n) is 4.73. The molecule has 162 valence electrons. The molecule has 0 aliphatic carbocycles. The predicted molar refractivity (Wildman–Crippen MR) is 104 cm³/mol. The molecule has 2 aromatic carbocycles. The van der Waals surface area contributed by atoms with Crippen LogP contribution in [0.3, 0.4) is 0 Å². The molecular weight excluding hydrogens is 421 g/mol. The topological polar surface area (TPSA) is 75.7 Å². The fourth-order valence-corrected chi connectivity index (χ4v) is 4.63. The van der Waals surface area contributed by atoms with Gasteiger partial charge in [0, 0.05) is 25.2 Å². The van der Waals surface area contributed by atoms with Gasteiger partial charge in [0.15, 0.2) is 0 Å². The first-order chi connectivity index (χ1) is 14.2. The zero-order valence-corrected chi connectivity index (χ0v) is 16.8. The highest BCUT2D eigenvalue weighted by molar-refractivity contribution is 7.88. The van der Waals surface area contributed by atoms with Gasteiger partial charge >= 0.3 is 6.18 Å². The summed E-state index contributed by atoms with van der Waals surface area (Å²) in [6.45, 7) is 1.35. The Hall–Kier alpha value is -2.43. The minimum atomic E-state index is -4.47. The molecule has 0 atom stereocenters. The summed E-state index contributed by atoms with van der Waals surface area (Å²) in [5, 5.41) is 2.63. The van der Waals surface area contributed by atoms with Gasteiger partial charge < -0.3 is 10.1 Å². The number of morpholine rings is 1. The van der Waals surface area contributed by atoms with Crippen LogP contribution in [0, 0.1) is 0 Å². The van der Waals surface area contributed by atoms with Gasteiger partial charge in [-0.2, -0.15) is 17.5 Å². The molecule has 10 heteroatoms. The highest BCUT2D eigenvalue weighted by atomic mass is 32.2. The number of carbonyl (C=O) groups excluding carboxylic acids is 1. The summed E-state index contributed by atoms with van der Waals surface area (Å²) in [4.78, 5) is 12.3. The predicted octanol–water partition coefficient (Wildman–Crippen LogP) is 2.80. The molecule has 1 aliphatic heterocycles. The van der Waals surface area contributed by atoms with Crippen molar-refractivity contribution in [2.75, 3.05) is 26.3 Å². The molecule has 0 radical (unpaired) electrons. The number of ether oxygens (including phenoxy) is 1. The number of halogens is 3. The SMILES string of the molecule is O=C(NCc1ccccc1CS(=O)(=O)N1CCOCC1)c1ccc(C(F)(F)F)cc1. The molecule has 0 aromatic heterocycles. The minimum Gasteiger partial charge on any atom is -0.379 e. The maximum absolute atomic E-state index is 12.7. The lowest BCUT2D eigenvalue weighted by atomic mass is 10.1. The van der Waals surface area contributed by atoms with E-state index >= 15 is 0 Å². The van der Waals surface area contributed by atoms with Crippen LogP contribution in [0.2, 0.25) is 0 Å². The van der Waals surface area contributed by atoms with Crippen molar-refractivity contribution >= 4 is 15.9 Å². The third-order valence-corrected chi connectivity index (χ3v) is 6.56. The Bertz CT molecular complexity index is 986. The molecule has 0 spiro atoms. The first-order valence-corrected chi connectivity index (χ1v) is 10.9. The van der Waals surface area contributed by atoms with Crippen LogP contribution in [-0.2, 0) is 33.2 Å². The van der Waals surface area contributed by atoms with E-state index in [1.54, 1.807) is 24.3 Å². The van der Waals surface area contributed by atoms with Crippen LogP contribution in [0.1, 0.15) is 27.0 Å². The third kappa shape index (κ3) is 5.59. The zero-order valence-electron chi connectivity index (χ0n) is 16.0. The van der Waals surface area contributed by atoms with E-state index in [0.717, 1.165) is 24.3 Å². The van der Waals surface area contributed by atoms with Gasteiger partial charge in [0.1, 0.15) is 0 Å². The molecule has 3 rings (SSSR count). The van der Waals surface area contributed by atoms with Crippen LogP contribution < -0.4 is 5.32 Å². The average Bonchev–Trinajstić information content (AvgIpc) is 2.73.